The number of hydrogen-bond donors (Lipinski definition) is 1. The average Bonchev–Trinajstić information content (AvgIpc) is 2.94. The Morgan fingerprint density at radius 1 is 1.39 bits per heavy atom. The predicted molar refractivity (Wildman–Crippen MR) is 87.0 cm³/mol. The van der Waals surface area contributed by atoms with Crippen LogP contribution in [-0.4, -0.2) is 31.3 Å². The van der Waals surface area contributed by atoms with Gasteiger partial charge in [-0.05, 0) is 31.9 Å². The maximum absolute atomic E-state index is 12.5. The molecule has 0 fully saturated rings. The van der Waals surface area contributed by atoms with E-state index in [0.717, 1.165) is 17.7 Å². The van der Waals surface area contributed by atoms with E-state index >= 15 is 0 Å². The SMILES string of the molecule is CCn1ncc(S(=O)(=O)NCC2COc3ccccc3C2)c1C. The van der Waals surface area contributed by atoms with Gasteiger partial charge in [-0.3, -0.25) is 4.68 Å². The summed E-state index contributed by atoms with van der Waals surface area (Å²) >= 11 is 0. The minimum absolute atomic E-state index is 0.126. The molecule has 0 spiro atoms. The number of benzene rings is 1. The average molecular weight is 335 g/mol. The molecule has 1 unspecified atom stereocenters. The molecule has 23 heavy (non-hydrogen) atoms. The molecule has 0 amide bonds. The molecule has 7 heteroatoms. The Morgan fingerprint density at radius 2 is 2.17 bits per heavy atom. The van der Waals surface area contributed by atoms with Crippen molar-refractivity contribution in [3.05, 3.63) is 41.7 Å². The highest BCUT2D eigenvalue weighted by Gasteiger charge is 2.24. The van der Waals surface area contributed by atoms with Crippen LogP contribution in [0.4, 0.5) is 0 Å². The molecule has 6 nitrogen and oxygen atoms in total. The highest BCUT2D eigenvalue weighted by Crippen LogP contribution is 2.26. The molecule has 124 valence electrons. The highest BCUT2D eigenvalue weighted by molar-refractivity contribution is 7.89. The van der Waals surface area contributed by atoms with E-state index in [9.17, 15) is 8.42 Å². The number of nitrogens with one attached hydrogen (secondary N) is 1. The topological polar surface area (TPSA) is 73.2 Å². The van der Waals surface area contributed by atoms with E-state index in [1.807, 2.05) is 31.2 Å². The zero-order valence-corrected chi connectivity index (χ0v) is 14.1. The minimum Gasteiger partial charge on any atom is -0.493 e. The Kier molecular flexibility index (Phi) is 4.41. The number of aromatic nitrogens is 2. The van der Waals surface area contributed by atoms with Gasteiger partial charge in [0, 0.05) is 19.0 Å². The normalized spacial score (nSPS) is 17.6. The first-order valence-electron chi connectivity index (χ1n) is 7.74. The Bertz CT molecular complexity index is 799. The van der Waals surface area contributed by atoms with Crippen LogP contribution in [0.15, 0.2) is 35.4 Å². The van der Waals surface area contributed by atoms with Gasteiger partial charge in [-0.2, -0.15) is 5.10 Å². The molecule has 1 aliphatic rings. The lowest BCUT2D eigenvalue weighted by Crippen LogP contribution is -2.35. The highest BCUT2D eigenvalue weighted by atomic mass is 32.2. The summed E-state index contributed by atoms with van der Waals surface area (Å²) in [5.74, 6) is 1.02. The lowest BCUT2D eigenvalue weighted by molar-refractivity contribution is 0.223. The number of nitrogens with zero attached hydrogens (tertiary/aromatic N) is 2. The number of sulfonamides is 1. The maximum Gasteiger partial charge on any atom is 0.243 e. The third-order valence-electron chi connectivity index (χ3n) is 4.16. The molecule has 3 rings (SSSR count). The van der Waals surface area contributed by atoms with E-state index < -0.39 is 10.0 Å². The predicted octanol–water partition coefficient (Wildman–Crippen LogP) is 1.74. The summed E-state index contributed by atoms with van der Waals surface area (Å²) in [5, 5.41) is 4.10. The van der Waals surface area contributed by atoms with E-state index in [2.05, 4.69) is 9.82 Å². The monoisotopic (exact) mass is 335 g/mol. The Morgan fingerprint density at radius 3 is 2.91 bits per heavy atom. The van der Waals surface area contributed by atoms with Crippen molar-refractivity contribution in [3.63, 3.8) is 0 Å². The number of rotatable bonds is 5. The van der Waals surface area contributed by atoms with Crippen molar-refractivity contribution in [3.8, 4) is 5.75 Å². The first-order chi connectivity index (χ1) is 11.0. The van der Waals surface area contributed by atoms with Gasteiger partial charge in [0.05, 0.1) is 18.5 Å². The fourth-order valence-electron chi connectivity index (χ4n) is 2.84. The molecule has 2 heterocycles. The van der Waals surface area contributed by atoms with Gasteiger partial charge in [0.25, 0.3) is 0 Å². The molecular weight excluding hydrogens is 314 g/mol. The third-order valence-corrected chi connectivity index (χ3v) is 5.69. The standard InChI is InChI=1S/C16H21N3O3S/c1-3-19-12(2)16(10-17-19)23(20,21)18-9-13-8-14-6-4-5-7-15(14)22-11-13/h4-7,10,13,18H,3,8-9,11H2,1-2H3. The van der Waals surface area contributed by atoms with Crippen LogP contribution in [0.1, 0.15) is 18.2 Å². The van der Waals surface area contributed by atoms with Crippen molar-refractivity contribution >= 4 is 10.0 Å². The molecule has 1 N–H and O–H groups in total. The number of hydrogen-bond acceptors (Lipinski definition) is 4. The van der Waals surface area contributed by atoms with Crippen molar-refractivity contribution in [2.45, 2.75) is 31.7 Å². The number of aryl methyl sites for hydroxylation is 1. The lowest BCUT2D eigenvalue weighted by Gasteiger charge is -2.25. The van der Waals surface area contributed by atoms with Crippen LogP contribution in [0.3, 0.4) is 0 Å². The van der Waals surface area contributed by atoms with E-state index in [-0.39, 0.29) is 10.8 Å². The number of ether oxygens (including phenoxy) is 1. The maximum atomic E-state index is 12.5. The second-order valence-electron chi connectivity index (χ2n) is 5.75. The second-order valence-corrected chi connectivity index (χ2v) is 7.49. The largest absolute Gasteiger partial charge is 0.493 e. The molecule has 0 bridgehead atoms. The summed E-state index contributed by atoms with van der Waals surface area (Å²) in [6.07, 6.45) is 2.22. The molecule has 0 saturated heterocycles. The summed E-state index contributed by atoms with van der Waals surface area (Å²) in [7, 11) is -3.55. The van der Waals surface area contributed by atoms with Gasteiger partial charge >= 0.3 is 0 Å². The molecule has 1 aliphatic heterocycles. The van der Waals surface area contributed by atoms with Crippen LogP contribution in [0.5, 0.6) is 5.75 Å². The summed E-state index contributed by atoms with van der Waals surface area (Å²) < 4.78 is 35.0. The van der Waals surface area contributed by atoms with Gasteiger partial charge < -0.3 is 4.74 Å². The molecular formula is C16H21N3O3S. The van der Waals surface area contributed by atoms with Gasteiger partial charge in [-0.1, -0.05) is 18.2 Å². The zero-order chi connectivity index (χ0) is 16.4. The molecule has 1 aromatic carbocycles. The van der Waals surface area contributed by atoms with Gasteiger partial charge in [-0.15, -0.1) is 0 Å². The van der Waals surface area contributed by atoms with Gasteiger partial charge in [-0.25, -0.2) is 13.1 Å². The number of para-hydroxylation sites is 1. The van der Waals surface area contributed by atoms with E-state index in [4.69, 9.17) is 4.74 Å². The van der Waals surface area contributed by atoms with E-state index in [0.29, 0.717) is 25.4 Å². The first-order valence-corrected chi connectivity index (χ1v) is 9.22. The third kappa shape index (κ3) is 3.25. The Balaban J connectivity index is 1.67. The molecule has 0 radical (unpaired) electrons. The molecule has 1 atom stereocenters. The summed E-state index contributed by atoms with van der Waals surface area (Å²) in [5.41, 5.74) is 1.78. The molecule has 0 saturated carbocycles. The van der Waals surface area contributed by atoms with Crippen molar-refractivity contribution < 1.29 is 13.2 Å². The molecule has 1 aromatic heterocycles. The van der Waals surface area contributed by atoms with Gasteiger partial charge in [0.15, 0.2) is 0 Å². The number of fused-ring (bicyclic) bond motifs is 1. The smallest absolute Gasteiger partial charge is 0.243 e. The van der Waals surface area contributed by atoms with Crippen LogP contribution in [0.25, 0.3) is 0 Å². The molecule has 2 aromatic rings. The minimum atomic E-state index is -3.55. The lowest BCUT2D eigenvalue weighted by atomic mass is 9.97. The second kappa shape index (κ2) is 6.33. The van der Waals surface area contributed by atoms with Crippen LogP contribution in [0.2, 0.25) is 0 Å². The van der Waals surface area contributed by atoms with Crippen LogP contribution in [0, 0.1) is 12.8 Å². The van der Waals surface area contributed by atoms with Crippen molar-refractivity contribution in [1.82, 2.24) is 14.5 Å². The van der Waals surface area contributed by atoms with E-state index in [1.165, 1.54) is 6.20 Å². The van der Waals surface area contributed by atoms with Crippen molar-refractivity contribution in [1.29, 1.82) is 0 Å². The van der Waals surface area contributed by atoms with Gasteiger partial charge in [0.1, 0.15) is 10.6 Å². The summed E-state index contributed by atoms with van der Waals surface area (Å²) in [6.45, 7) is 5.22. The quantitative estimate of drug-likeness (QED) is 0.903. The summed E-state index contributed by atoms with van der Waals surface area (Å²) in [4.78, 5) is 0.247. The first kappa shape index (κ1) is 16.0. The van der Waals surface area contributed by atoms with Crippen LogP contribution < -0.4 is 9.46 Å². The van der Waals surface area contributed by atoms with Gasteiger partial charge in [0.2, 0.25) is 10.0 Å². The zero-order valence-electron chi connectivity index (χ0n) is 13.3. The van der Waals surface area contributed by atoms with Crippen LogP contribution in [-0.2, 0) is 23.0 Å². The Labute approximate surface area is 136 Å². The fraction of sp³-hybridized carbons (Fsp3) is 0.438. The van der Waals surface area contributed by atoms with Crippen molar-refractivity contribution in [2.75, 3.05) is 13.2 Å². The van der Waals surface area contributed by atoms with E-state index in [1.54, 1.807) is 11.6 Å². The van der Waals surface area contributed by atoms with Crippen LogP contribution >= 0.6 is 0 Å². The fourth-order valence-corrected chi connectivity index (χ4v) is 4.13. The Hall–Kier alpha value is -1.86. The van der Waals surface area contributed by atoms with Crippen molar-refractivity contribution in [2.24, 2.45) is 5.92 Å². The summed E-state index contributed by atoms with van der Waals surface area (Å²) in [6, 6.07) is 7.87. The molecule has 0 aliphatic carbocycles.